The van der Waals surface area contributed by atoms with Crippen molar-refractivity contribution in [3.05, 3.63) is 12.2 Å². The molecule has 0 aromatic heterocycles. The van der Waals surface area contributed by atoms with Gasteiger partial charge in [0.25, 0.3) is 0 Å². The summed E-state index contributed by atoms with van der Waals surface area (Å²) in [5.41, 5.74) is 0. The molecule has 0 rings (SSSR count). The van der Waals surface area contributed by atoms with Crippen molar-refractivity contribution in [2.45, 2.75) is 19.8 Å². The molecule has 1 heteroatoms. The number of hydrogen-bond acceptors (Lipinski definition) is 0. The Morgan fingerprint density at radius 3 is 2.86 bits per heavy atom. The van der Waals surface area contributed by atoms with Crippen molar-refractivity contribution in [2.75, 3.05) is 6.67 Å². The number of halogens is 1. The van der Waals surface area contributed by atoms with Crippen LogP contribution in [-0.4, -0.2) is 6.67 Å². The van der Waals surface area contributed by atoms with Crippen LogP contribution in [0.4, 0.5) is 4.39 Å². The maximum absolute atomic E-state index is 11.2. The molecule has 0 aliphatic rings. The van der Waals surface area contributed by atoms with E-state index in [-0.39, 0.29) is 6.67 Å². The van der Waals surface area contributed by atoms with Crippen LogP contribution in [0.15, 0.2) is 6.08 Å². The molecule has 0 nitrogen and oxygen atoms in total. The summed E-state index contributed by atoms with van der Waals surface area (Å²) in [5, 5.41) is 0. The predicted molar refractivity (Wildman–Crippen MR) is 28.7 cm³/mol. The van der Waals surface area contributed by atoms with Crippen molar-refractivity contribution in [1.29, 1.82) is 0 Å². The van der Waals surface area contributed by atoms with Crippen LogP contribution in [0.1, 0.15) is 19.8 Å². The van der Waals surface area contributed by atoms with Crippen LogP contribution in [0.25, 0.3) is 0 Å². The Balaban J connectivity index is 2.78. The van der Waals surface area contributed by atoms with E-state index in [2.05, 4.69) is 6.08 Å². The van der Waals surface area contributed by atoms with Crippen LogP contribution >= 0.6 is 0 Å². The van der Waals surface area contributed by atoms with Gasteiger partial charge in [-0.05, 0) is 12.5 Å². The first-order valence-electron chi connectivity index (χ1n) is 2.52. The molecule has 0 N–H and O–H groups in total. The quantitative estimate of drug-likeness (QED) is 0.510. The molecular weight excluding hydrogens is 91.1 g/mol. The van der Waals surface area contributed by atoms with Crippen molar-refractivity contribution < 1.29 is 4.39 Å². The van der Waals surface area contributed by atoms with Gasteiger partial charge in [0, 0.05) is 6.42 Å². The molecule has 41 valence electrons. The summed E-state index contributed by atoms with van der Waals surface area (Å²) in [6.07, 6.45) is 6.04. The Hall–Kier alpha value is -0.330. The van der Waals surface area contributed by atoms with E-state index in [1.54, 1.807) is 0 Å². The zero-order chi connectivity index (χ0) is 5.54. The molecule has 0 amide bonds. The minimum Gasteiger partial charge on any atom is -0.251 e. The molecule has 0 aliphatic heterocycles. The summed E-state index contributed by atoms with van der Waals surface area (Å²) in [6.45, 7) is 1.72. The average molecular weight is 101 g/mol. The molecule has 0 saturated heterocycles. The molecule has 0 aromatic carbocycles. The maximum Gasteiger partial charge on any atom is 0.0934 e. The van der Waals surface area contributed by atoms with E-state index in [0.29, 0.717) is 6.42 Å². The summed E-state index contributed by atoms with van der Waals surface area (Å²) in [4.78, 5) is 0. The van der Waals surface area contributed by atoms with Gasteiger partial charge in [-0.2, -0.15) is 0 Å². The standard InChI is InChI=1S/C6H10F/c1-2-3-4-5-6-7/h3H,2,5-6H2,1H3. The van der Waals surface area contributed by atoms with E-state index < -0.39 is 0 Å². The highest BCUT2D eigenvalue weighted by molar-refractivity contribution is 4.70. The Bertz CT molecular complexity index is 48.1. The van der Waals surface area contributed by atoms with Gasteiger partial charge >= 0.3 is 0 Å². The maximum atomic E-state index is 11.2. The largest absolute Gasteiger partial charge is 0.251 e. The predicted octanol–water partition coefficient (Wildman–Crippen LogP) is 2.12. The number of allylic oxidation sites excluding steroid dienone is 2. The Morgan fingerprint density at radius 1 is 1.71 bits per heavy atom. The van der Waals surface area contributed by atoms with Gasteiger partial charge in [0.2, 0.25) is 0 Å². The fourth-order valence-corrected chi connectivity index (χ4v) is 0.301. The minimum atomic E-state index is -0.281. The zero-order valence-electron chi connectivity index (χ0n) is 4.58. The minimum absolute atomic E-state index is 0.281. The van der Waals surface area contributed by atoms with Crippen LogP contribution < -0.4 is 0 Å². The van der Waals surface area contributed by atoms with Crippen LogP contribution in [0.2, 0.25) is 0 Å². The highest BCUT2D eigenvalue weighted by atomic mass is 19.1. The average Bonchev–Trinajstić information content (AvgIpc) is 1.69. The van der Waals surface area contributed by atoms with Gasteiger partial charge < -0.3 is 0 Å². The lowest BCUT2D eigenvalue weighted by molar-refractivity contribution is 0.497. The van der Waals surface area contributed by atoms with Gasteiger partial charge in [-0.15, -0.1) is 0 Å². The molecule has 0 aliphatic carbocycles. The molecule has 1 radical (unpaired) electrons. The van der Waals surface area contributed by atoms with E-state index in [4.69, 9.17) is 0 Å². The molecule has 0 saturated carbocycles. The molecule has 0 spiro atoms. The van der Waals surface area contributed by atoms with Gasteiger partial charge in [-0.3, -0.25) is 4.39 Å². The second kappa shape index (κ2) is 5.67. The third kappa shape index (κ3) is 5.67. The Morgan fingerprint density at radius 2 is 2.43 bits per heavy atom. The highest BCUT2D eigenvalue weighted by Gasteiger charge is 1.72. The number of alkyl halides is 1. The van der Waals surface area contributed by atoms with E-state index in [1.165, 1.54) is 0 Å². The van der Waals surface area contributed by atoms with Gasteiger partial charge in [0.05, 0.1) is 6.67 Å². The molecule has 0 atom stereocenters. The fourth-order valence-electron chi connectivity index (χ4n) is 0.301. The highest BCUT2D eigenvalue weighted by Crippen LogP contribution is 1.83. The molecule has 7 heavy (non-hydrogen) atoms. The first-order chi connectivity index (χ1) is 3.41. The molecule has 0 fully saturated rings. The van der Waals surface area contributed by atoms with E-state index in [9.17, 15) is 4.39 Å². The van der Waals surface area contributed by atoms with Crippen LogP contribution in [-0.2, 0) is 0 Å². The first kappa shape index (κ1) is 6.67. The Kier molecular flexibility index (Phi) is 5.40. The molecular formula is C6H10F. The summed E-state index contributed by atoms with van der Waals surface area (Å²) in [6, 6.07) is 0. The summed E-state index contributed by atoms with van der Waals surface area (Å²) < 4.78 is 11.2. The van der Waals surface area contributed by atoms with Gasteiger partial charge in [-0.25, -0.2) is 0 Å². The molecule has 0 heterocycles. The first-order valence-corrected chi connectivity index (χ1v) is 2.52. The number of rotatable bonds is 3. The van der Waals surface area contributed by atoms with Crippen molar-refractivity contribution in [2.24, 2.45) is 0 Å². The van der Waals surface area contributed by atoms with Crippen molar-refractivity contribution in [1.82, 2.24) is 0 Å². The third-order valence-electron chi connectivity index (χ3n) is 0.587. The van der Waals surface area contributed by atoms with Crippen molar-refractivity contribution in [3.63, 3.8) is 0 Å². The Labute approximate surface area is 44.0 Å². The number of hydrogen-bond donors (Lipinski definition) is 0. The zero-order valence-corrected chi connectivity index (χ0v) is 4.58. The third-order valence-corrected chi connectivity index (χ3v) is 0.587. The van der Waals surface area contributed by atoms with Crippen LogP contribution in [0.3, 0.4) is 0 Å². The molecule has 0 aromatic rings. The SMILES string of the molecule is CC/C=[C]/CCF. The summed E-state index contributed by atoms with van der Waals surface area (Å²) >= 11 is 0. The smallest absolute Gasteiger partial charge is 0.0934 e. The topological polar surface area (TPSA) is 0 Å². The lowest BCUT2D eigenvalue weighted by Gasteiger charge is -1.76. The van der Waals surface area contributed by atoms with Gasteiger partial charge in [0.15, 0.2) is 0 Å². The fraction of sp³-hybridized carbons (Fsp3) is 0.667. The van der Waals surface area contributed by atoms with E-state index in [1.807, 2.05) is 13.0 Å². The van der Waals surface area contributed by atoms with Crippen molar-refractivity contribution >= 4 is 0 Å². The summed E-state index contributed by atoms with van der Waals surface area (Å²) in [5.74, 6) is 0. The van der Waals surface area contributed by atoms with Gasteiger partial charge in [0.1, 0.15) is 0 Å². The monoisotopic (exact) mass is 101 g/mol. The van der Waals surface area contributed by atoms with E-state index >= 15 is 0 Å². The second-order valence-electron chi connectivity index (χ2n) is 1.26. The normalized spacial score (nSPS) is 10.6. The second-order valence-corrected chi connectivity index (χ2v) is 1.26. The van der Waals surface area contributed by atoms with Crippen LogP contribution in [0.5, 0.6) is 0 Å². The lowest BCUT2D eigenvalue weighted by atomic mass is 10.3. The summed E-state index contributed by atoms with van der Waals surface area (Å²) in [7, 11) is 0. The van der Waals surface area contributed by atoms with Crippen molar-refractivity contribution in [3.8, 4) is 0 Å². The van der Waals surface area contributed by atoms with Crippen LogP contribution in [0, 0.1) is 6.08 Å². The molecule has 0 bridgehead atoms. The van der Waals surface area contributed by atoms with Gasteiger partial charge in [-0.1, -0.05) is 13.0 Å². The lowest BCUT2D eigenvalue weighted by Crippen LogP contribution is -1.67. The van der Waals surface area contributed by atoms with E-state index in [0.717, 1.165) is 6.42 Å². The molecule has 0 unspecified atom stereocenters.